The Kier molecular flexibility index (Phi) is 5.92. The van der Waals surface area contributed by atoms with Gasteiger partial charge in [0.1, 0.15) is 0 Å². The van der Waals surface area contributed by atoms with Gasteiger partial charge in [-0.1, -0.05) is 38.1 Å². The predicted octanol–water partition coefficient (Wildman–Crippen LogP) is 3.30. The third kappa shape index (κ3) is 4.31. The lowest BCUT2D eigenvalue weighted by atomic mass is 10.0. The number of hydrogen-bond acceptors (Lipinski definition) is 2. The zero-order valence-corrected chi connectivity index (χ0v) is 11.2. The van der Waals surface area contributed by atoms with E-state index in [0.29, 0.717) is 6.42 Å². The van der Waals surface area contributed by atoms with Gasteiger partial charge in [0.15, 0.2) is 5.78 Å². The normalized spacial score (nSPS) is 10.8. The molecule has 0 N–H and O–H groups in total. The van der Waals surface area contributed by atoms with Gasteiger partial charge in [-0.15, -0.1) is 0 Å². The molecule has 1 aromatic carbocycles. The molecule has 94 valence electrons. The maximum absolute atomic E-state index is 12.1. The van der Waals surface area contributed by atoms with Crippen LogP contribution in [0.1, 0.15) is 42.6 Å². The fourth-order valence-electron chi connectivity index (χ4n) is 2.02. The molecule has 0 saturated carbocycles. The van der Waals surface area contributed by atoms with Gasteiger partial charge in [0.05, 0.1) is 0 Å². The quantitative estimate of drug-likeness (QED) is 0.673. The van der Waals surface area contributed by atoms with E-state index in [-0.39, 0.29) is 5.78 Å². The molecule has 0 atom stereocenters. The highest BCUT2D eigenvalue weighted by Gasteiger charge is 2.10. The Morgan fingerprint density at radius 3 is 2.47 bits per heavy atom. The average molecular weight is 233 g/mol. The van der Waals surface area contributed by atoms with E-state index in [1.165, 1.54) is 0 Å². The number of ketones is 1. The van der Waals surface area contributed by atoms with E-state index < -0.39 is 0 Å². The highest BCUT2D eigenvalue weighted by atomic mass is 16.1. The second-order valence-corrected chi connectivity index (χ2v) is 4.42. The summed E-state index contributed by atoms with van der Waals surface area (Å²) in [7, 11) is 0. The maximum Gasteiger partial charge on any atom is 0.164 e. The van der Waals surface area contributed by atoms with Crippen LogP contribution in [0.5, 0.6) is 0 Å². The van der Waals surface area contributed by atoms with E-state index in [4.69, 9.17) is 0 Å². The van der Waals surface area contributed by atoms with Gasteiger partial charge >= 0.3 is 0 Å². The number of aryl methyl sites for hydroxylation is 1. The van der Waals surface area contributed by atoms with E-state index in [1.54, 1.807) is 0 Å². The second kappa shape index (κ2) is 7.23. The molecule has 0 aliphatic rings. The molecule has 0 aromatic heterocycles. The molecule has 1 aromatic rings. The summed E-state index contributed by atoms with van der Waals surface area (Å²) in [6, 6.07) is 7.83. The summed E-state index contributed by atoms with van der Waals surface area (Å²) in [5, 5.41) is 0. The highest BCUT2D eigenvalue weighted by molar-refractivity contribution is 5.97. The van der Waals surface area contributed by atoms with E-state index in [2.05, 4.69) is 18.7 Å². The van der Waals surface area contributed by atoms with Gasteiger partial charge in [-0.2, -0.15) is 0 Å². The topological polar surface area (TPSA) is 20.3 Å². The molecular weight excluding hydrogens is 210 g/mol. The summed E-state index contributed by atoms with van der Waals surface area (Å²) >= 11 is 0. The second-order valence-electron chi connectivity index (χ2n) is 4.42. The molecule has 2 nitrogen and oxygen atoms in total. The largest absolute Gasteiger partial charge is 0.303 e. The van der Waals surface area contributed by atoms with Gasteiger partial charge in [-0.25, -0.2) is 0 Å². The zero-order valence-electron chi connectivity index (χ0n) is 11.2. The van der Waals surface area contributed by atoms with Crippen LogP contribution in [-0.4, -0.2) is 30.3 Å². The van der Waals surface area contributed by atoms with Crippen molar-refractivity contribution in [3.63, 3.8) is 0 Å². The molecule has 0 unspecified atom stereocenters. The maximum atomic E-state index is 12.1. The van der Waals surface area contributed by atoms with E-state index in [1.807, 2.05) is 31.2 Å². The number of rotatable bonds is 7. The summed E-state index contributed by atoms with van der Waals surface area (Å²) in [6.07, 6.45) is 1.77. The number of carbonyl (C=O) groups is 1. The molecule has 0 aliphatic heterocycles. The number of hydrogen-bond donors (Lipinski definition) is 0. The van der Waals surface area contributed by atoms with Crippen LogP contribution in [0.3, 0.4) is 0 Å². The zero-order chi connectivity index (χ0) is 12.7. The summed E-state index contributed by atoms with van der Waals surface area (Å²) in [6.45, 7) is 9.29. The van der Waals surface area contributed by atoms with Gasteiger partial charge in [0, 0.05) is 18.5 Å². The van der Waals surface area contributed by atoms with Gasteiger partial charge < -0.3 is 4.90 Å². The first kappa shape index (κ1) is 13.9. The van der Waals surface area contributed by atoms with Crippen LogP contribution in [0, 0.1) is 6.92 Å². The van der Waals surface area contributed by atoms with E-state index in [0.717, 1.165) is 37.2 Å². The molecule has 0 saturated heterocycles. The Balaban J connectivity index is 2.52. The van der Waals surface area contributed by atoms with Crippen molar-refractivity contribution < 1.29 is 4.79 Å². The highest BCUT2D eigenvalue weighted by Crippen LogP contribution is 2.10. The van der Waals surface area contributed by atoms with Crippen molar-refractivity contribution in [3.8, 4) is 0 Å². The molecule has 0 heterocycles. The first-order valence-electron chi connectivity index (χ1n) is 6.50. The number of carbonyl (C=O) groups excluding carboxylic acids is 1. The Labute approximate surface area is 105 Å². The van der Waals surface area contributed by atoms with Crippen molar-refractivity contribution in [2.45, 2.75) is 33.6 Å². The number of nitrogens with zero attached hydrogens (tertiary/aromatic N) is 1. The van der Waals surface area contributed by atoms with Crippen LogP contribution in [0.2, 0.25) is 0 Å². The summed E-state index contributed by atoms with van der Waals surface area (Å²) < 4.78 is 0. The first-order chi connectivity index (χ1) is 8.19. The molecule has 0 bridgehead atoms. The van der Waals surface area contributed by atoms with Crippen LogP contribution in [0.15, 0.2) is 24.3 Å². The van der Waals surface area contributed by atoms with Crippen molar-refractivity contribution in [3.05, 3.63) is 35.4 Å². The van der Waals surface area contributed by atoms with Crippen molar-refractivity contribution in [1.29, 1.82) is 0 Å². The lowest BCUT2D eigenvalue weighted by molar-refractivity contribution is 0.0964. The van der Waals surface area contributed by atoms with Crippen LogP contribution < -0.4 is 0 Å². The molecular formula is C15H23NO. The van der Waals surface area contributed by atoms with Crippen LogP contribution in [0.4, 0.5) is 0 Å². The first-order valence-corrected chi connectivity index (χ1v) is 6.50. The van der Waals surface area contributed by atoms with Gasteiger partial charge in [0.25, 0.3) is 0 Å². The summed E-state index contributed by atoms with van der Waals surface area (Å²) in [5.41, 5.74) is 1.95. The fraction of sp³-hybridized carbons (Fsp3) is 0.533. The lowest BCUT2D eigenvalue weighted by Gasteiger charge is -2.18. The van der Waals surface area contributed by atoms with Crippen molar-refractivity contribution in [1.82, 2.24) is 4.90 Å². The Bertz CT molecular complexity index is 360. The van der Waals surface area contributed by atoms with Crippen molar-refractivity contribution in [2.75, 3.05) is 19.6 Å². The number of benzene rings is 1. The Hall–Kier alpha value is -1.15. The monoisotopic (exact) mass is 233 g/mol. The third-order valence-electron chi connectivity index (χ3n) is 3.09. The van der Waals surface area contributed by atoms with E-state index in [9.17, 15) is 4.79 Å². The molecule has 0 fully saturated rings. The lowest BCUT2D eigenvalue weighted by Crippen LogP contribution is -2.27. The molecule has 1 rings (SSSR count). The third-order valence-corrected chi connectivity index (χ3v) is 3.09. The van der Waals surface area contributed by atoms with E-state index >= 15 is 0 Å². The standard InChI is InChI=1S/C15H23NO/c1-4-11-16(5-2)12-10-15(17)14-9-7-6-8-13(14)3/h6-9H,4-5,10-12H2,1-3H3. The molecule has 0 amide bonds. The summed E-state index contributed by atoms with van der Waals surface area (Å²) in [5.74, 6) is 0.262. The predicted molar refractivity (Wildman–Crippen MR) is 72.5 cm³/mol. The Morgan fingerprint density at radius 1 is 1.18 bits per heavy atom. The SMILES string of the molecule is CCCN(CC)CCC(=O)c1ccccc1C. The van der Waals surface area contributed by atoms with Crippen LogP contribution in [0.25, 0.3) is 0 Å². The summed E-state index contributed by atoms with van der Waals surface area (Å²) in [4.78, 5) is 14.4. The van der Waals surface area contributed by atoms with Crippen molar-refractivity contribution >= 4 is 5.78 Å². The minimum atomic E-state index is 0.262. The minimum absolute atomic E-state index is 0.262. The molecule has 2 heteroatoms. The molecule has 0 radical (unpaired) electrons. The smallest absolute Gasteiger partial charge is 0.164 e. The molecule has 0 aliphatic carbocycles. The van der Waals surface area contributed by atoms with Gasteiger partial charge in [-0.05, 0) is 32.0 Å². The van der Waals surface area contributed by atoms with Gasteiger partial charge in [0.2, 0.25) is 0 Å². The Morgan fingerprint density at radius 2 is 1.88 bits per heavy atom. The average Bonchev–Trinajstić information content (AvgIpc) is 2.34. The number of Topliss-reactive ketones (excluding diaryl/α,β-unsaturated/α-hetero) is 1. The van der Waals surface area contributed by atoms with Crippen LogP contribution in [-0.2, 0) is 0 Å². The fourth-order valence-corrected chi connectivity index (χ4v) is 2.02. The molecule has 0 spiro atoms. The van der Waals surface area contributed by atoms with Crippen molar-refractivity contribution in [2.24, 2.45) is 0 Å². The molecule has 17 heavy (non-hydrogen) atoms. The minimum Gasteiger partial charge on any atom is -0.303 e. The van der Waals surface area contributed by atoms with Crippen LogP contribution >= 0.6 is 0 Å². The van der Waals surface area contributed by atoms with Gasteiger partial charge in [-0.3, -0.25) is 4.79 Å².